The zero-order valence-electron chi connectivity index (χ0n) is 11.1. The van der Waals surface area contributed by atoms with E-state index in [1.165, 1.54) is 25.0 Å². The fraction of sp³-hybridized carbons (Fsp3) is 0.571. The van der Waals surface area contributed by atoms with Gasteiger partial charge in [0.25, 0.3) is 0 Å². The number of nitrogens with one attached hydrogen (secondary N) is 1. The number of anilines is 1. The Morgan fingerprint density at radius 2 is 1.89 bits per heavy atom. The minimum Gasteiger partial charge on any atom is -0.384 e. The molecule has 106 valence electrons. The number of likely N-dealkylation sites (tertiary alicyclic amines) is 1. The molecule has 0 aromatic heterocycles. The first-order valence-electron chi connectivity index (χ1n) is 6.61. The Morgan fingerprint density at radius 3 is 2.53 bits per heavy atom. The molecular formula is C14H19F3N2. The van der Waals surface area contributed by atoms with Gasteiger partial charge in [-0.15, -0.1) is 0 Å². The van der Waals surface area contributed by atoms with Gasteiger partial charge in [0.05, 0.1) is 5.56 Å². The molecule has 2 rings (SSSR count). The summed E-state index contributed by atoms with van der Waals surface area (Å²) in [4.78, 5) is 2.33. The van der Waals surface area contributed by atoms with Crippen molar-refractivity contribution in [3.63, 3.8) is 0 Å². The van der Waals surface area contributed by atoms with Crippen LogP contribution in [-0.2, 0) is 6.18 Å². The molecule has 0 amide bonds. The van der Waals surface area contributed by atoms with Crippen LogP contribution in [0.5, 0.6) is 0 Å². The highest BCUT2D eigenvalue weighted by atomic mass is 19.4. The number of nitrogens with zero attached hydrogens (tertiary/aromatic N) is 1. The van der Waals surface area contributed by atoms with Crippen LogP contribution >= 0.6 is 0 Å². The standard InChI is InChI=1S/C14H19F3N2/c1-11-4-5-12(14(15,16)17)10-13(11)18-6-9-19-7-2-3-8-19/h4-5,10,18H,2-3,6-9H2,1H3. The Bertz CT molecular complexity index is 423. The molecule has 1 saturated heterocycles. The predicted octanol–water partition coefficient (Wildman–Crippen LogP) is 3.52. The number of hydrogen-bond acceptors (Lipinski definition) is 2. The van der Waals surface area contributed by atoms with Gasteiger partial charge in [-0.05, 0) is 50.6 Å². The van der Waals surface area contributed by atoms with Crippen LogP contribution in [0.2, 0.25) is 0 Å². The summed E-state index contributed by atoms with van der Waals surface area (Å²) in [5.74, 6) is 0. The van der Waals surface area contributed by atoms with E-state index in [4.69, 9.17) is 0 Å². The van der Waals surface area contributed by atoms with Crippen molar-refractivity contribution < 1.29 is 13.2 Å². The summed E-state index contributed by atoms with van der Waals surface area (Å²) < 4.78 is 37.9. The first-order chi connectivity index (χ1) is 8.97. The van der Waals surface area contributed by atoms with Gasteiger partial charge < -0.3 is 10.2 Å². The second kappa shape index (κ2) is 5.82. The van der Waals surface area contributed by atoms with Gasteiger partial charge in [0, 0.05) is 18.8 Å². The quantitative estimate of drug-likeness (QED) is 0.902. The monoisotopic (exact) mass is 272 g/mol. The maximum absolute atomic E-state index is 12.6. The Hall–Kier alpha value is -1.23. The van der Waals surface area contributed by atoms with Crippen LogP contribution in [0, 0.1) is 6.92 Å². The molecule has 1 fully saturated rings. The summed E-state index contributed by atoms with van der Waals surface area (Å²) in [5.41, 5.74) is 0.824. The molecule has 19 heavy (non-hydrogen) atoms. The topological polar surface area (TPSA) is 15.3 Å². The highest BCUT2D eigenvalue weighted by molar-refractivity contribution is 5.53. The van der Waals surface area contributed by atoms with Gasteiger partial charge in [-0.1, -0.05) is 6.07 Å². The van der Waals surface area contributed by atoms with Gasteiger partial charge in [0.1, 0.15) is 0 Å². The van der Waals surface area contributed by atoms with Crippen LogP contribution in [-0.4, -0.2) is 31.1 Å². The molecular weight excluding hydrogens is 253 g/mol. The zero-order chi connectivity index (χ0) is 13.9. The molecule has 0 atom stereocenters. The van der Waals surface area contributed by atoms with Crippen LogP contribution in [0.15, 0.2) is 18.2 Å². The number of halogens is 3. The van der Waals surface area contributed by atoms with Gasteiger partial charge in [-0.3, -0.25) is 0 Å². The maximum atomic E-state index is 12.6. The first-order valence-corrected chi connectivity index (χ1v) is 6.61. The number of rotatable bonds is 4. The second-order valence-electron chi connectivity index (χ2n) is 5.00. The Kier molecular flexibility index (Phi) is 4.34. The largest absolute Gasteiger partial charge is 0.416 e. The SMILES string of the molecule is Cc1ccc(C(F)(F)F)cc1NCCN1CCCC1. The van der Waals surface area contributed by atoms with E-state index in [0.29, 0.717) is 12.2 Å². The summed E-state index contributed by atoms with van der Waals surface area (Å²) in [6.07, 6.45) is -1.83. The van der Waals surface area contributed by atoms with Crippen molar-refractivity contribution in [3.8, 4) is 0 Å². The molecule has 1 aliphatic heterocycles. The number of alkyl halides is 3. The molecule has 1 aromatic rings. The highest BCUT2D eigenvalue weighted by Gasteiger charge is 2.30. The smallest absolute Gasteiger partial charge is 0.384 e. The molecule has 1 aliphatic rings. The van der Waals surface area contributed by atoms with Crippen molar-refractivity contribution >= 4 is 5.69 Å². The van der Waals surface area contributed by atoms with Crippen LogP contribution in [0.25, 0.3) is 0 Å². The fourth-order valence-electron chi connectivity index (χ4n) is 2.34. The molecule has 0 aliphatic carbocycles. The highest BCUT2D eigenvalue weighted by Crippen LogP contribution is 2.31. The van der Waals surface area contributed by atoms with Crippen molar-refractivity contribution in [1.82, 2.24) is 4.90 Å². The molecule has 0 saturated carbocycles. The third-order valence-electron chi connectivity index (χ3n) is 3.51. The van der Waals surface area contributed by atoms with Crippen LogP contribution in [0.3, 0.4) is 0 Å². The van der Waals surface area contributed by atoms with Gasteiger partial charge >= 0.3 is 6.18 Å². The molecule has 0 bridgehead atoms. The Morgan fingerprint density at radius 1 is 1.21 bits per heavy atom. The third kappa shape index (κ3) is 3.86. The van der Waals surface area contributed by atoms with Crippen LogP contribution in [0.4, 0.5) is 18.9 Å². The lowest BCUT2D eigenvalue weighted by Gasteiger charge is -2.17. The lowest BCUT2D eigenvalue weighted by atomic mass is 10.1. The number of aryl methyl sites for hydroxylation is 1. The van der Waals surface area contributed by atoms with E-state index < -0.39 is 11.7 Å². The lowest BCUT2D eigenvalue weighted by Crippen LogP contribution is -2.26. The molecule has 5 heteroatoms. The molecule has 0 radical (unpaired) electrons. The second-order valence-corrected chi connectivity index (χ2v) is 5.00. The minimum absolute atomic E-state index is 0.578. The van der Waals surface area contributed by atoms with Gasteiger partial charge in [-0.25, -0.2) is 0 Å². The van der Waals surface area contributed by atoms with E-state index in [2.05, 4.69) is 10.2 Å². The average molecular weight is 272 g/mol. The van der Waals surface area contributed by atoms with E-state index in [1.54, 1.807) is 0 Å². The Labute approximate surface area is 111 Å². The van der Waals surface area contributed by atoms with E-state index >= 15 is 0 Å². The third-order valence-corrected chi connectivity index (χ3v) is 3.51. The van der Waals surface area contributed by atoms with Gasteiger partial charge in [0.15, 0.2) is 0 Å². The van der Waals surface area contributed by atoms with Crippen molar-refractivity contribution in [2.45, 2.75) is 25.9 Å². The van der Waals surface area contributed by atoms with Crippen molar-refractivity contribution in [2.24, 2.45) is 0 Å². The summed E-state index contributed by atoms with van der Waals surface area (Å²) in [6, 6.07) is 3.83. The zero-order valence-corrected chi connectivity index (χ0v) is 11.1. The first kappa shape index (κ1) is 14.2. The molecule has 1 N–H and O–H groups in total. The molecule has 1 aromatic carbocycles. The maximum Gasteiger partial charge on any atom is 0.416 e. The van der Waals surface area contributed by atoms with Crippen LogP contribution in [0.1, 0.15) is 24.0 Å². The summed E-state index contributed by atoms with van der Waals surface area (Å²) in [6.45, 7) is 5.59. The lowest BCUT2D eigenvalue weighted by molar-refractivity contribution is -0.137. The molecule has 0 spiro atoms. The normalized spacial score (nSPS) is 16.8. The van der Waals surface area contributed by atoms with Gasteiger partial charge in [-0.2, -0.15) is 13.2 Å². The van der Waals surface area contributed by atoms with Crippen molar-refractivity contribution in [1.29, 1.82) is 0 Å². The van der Waals surface area contributed by atoms with Crippen LogP contribution < -0.4 is 5.32 Å². The number of benzene rings is 1. The number of hydrogen-bond donors (Lipinski definition) is 1. The van der Waals surface area contributed by atoms with E-state index in [1.807, 2.05) is 6.92 Å². The van der Waals surface area contributed by atoms with E-state index in [-0.39, 0.29) is 0 Å². The average Bonchev–Trinajstić information content (AvgIpc) is 2.83. The van der Waals surface area contributed by atoms with Crippen molar-refractivity contribution in [3.05, 3.63) is 29.3 Å². The molecule has 2 nitrogen and oxygen atoms in total. The van der Waals surface area contributed by atoms with Crippen molar-refractivity contribution in [2.75, 3.05) is 31.5 Å². The predicted molar refractivity (Wildman–Crippen MR) is 70.3 cm³/mol. The molecule has 1 heterocycles. The van der Waals surface area contributed by atoms with Gasteiger partial charge in [0.2, 0.25) is 0 Å². The van der Waals surface area contributed by atoms with E-state index in [9.17, 15) is 13.2 Å². The fourth-order valence-corrected chi connectivity index (χ4v) is 2.34. The minimum atomic E-state index is -4.28. The van der Waals surface area contributed by atoms with E-state index in [0.717, 1.165) is 31.3 Å². The summed E-state index contributed by atoms with van der Waals surface area (Å²) >= 11 is 0. The summed E-state index contributed by atoms with van der Waals surface area (Å²) in [7, 11) is 0. The Balaban J connectivity index is 1.94. The molecule has 0 unspecified atom stereocenters. The summed E-state index contributed by atoms with van der Waals surface area (Å²) in [5, 5.41) is 3.11.